The normalized spacial score (nSPS) is 9.82. The lowest BCUT2D eigenvalue weighted by atomic mass is 10.2. The predicted octanol–water partition coefficient (Wildman–Crippen LogP) is 2.14. The minimum Gasteiger partial charge on any atom is -0.477 e. The first-order valence-corrected chi connectivity index (χ1v) is 6.35. The number of amides is 1. The van der Waals surface area contributed by atoms with Crippen LogP contribution < -0.4 is 0 Å². The van der Waals surface area contributed by atoms with E-state index in [1.807, 2.05) is 0 Å². The molecule has 0 spiro atoms. The largest absolute Gasteiger partial charge is 0.477 e. The Labute approximate surface area is 130 Å². The Kier molecular flexibility index (Phi) is 5.47. The van der Waals surface area contributed by atoms with Gasteiger partial charge in [0.1, 0.15) is 5.69 Å². The fraction of sp³-hybridized carbons (Fsp3) is 0.231. The molecule has 0 radical (unpaired) electrons. The van der Waals surface area contributed by atoms with E-state index in [-0.39, 0.29) is 16.4 Å². The molecular formula is C13H14ClN3O5. The summed E-state index contributed by atoms with van der Waals surface area (Å²) >= 11 is 5.91. The van der Waals surface area contributed by atoms with Crippen LogP contribution >= 0.6 is 11.6 Å². The molecule has 0 fully saturated rings. The smallest absolute Gasteiger partial charge is 0.352 e. The molecular weight excluding hydrogens is 314 g/mol. The summed E-state index contributed by atoms with van der Waals surface area (Å²) in [6, 6.07) is 3.86. The van der Waals surface area contributed by atoms with Crippen LogP contribution in [0.15, 0.2) is 18.2 Å². The first kappa shape index (κ1) is 17.4. The summed E-state index contributed by atoms with van der Waals surface area (Å²) in [6.45, 7) is 0. The number of hydrogen-bond donors (Lipinski definition) is 1. The molecule has 1 aromatic carbocycles. The Bertz CT molecular complexity index is 739. The number of rotatable bonds is 3. The van der Waals surface area contributed by atoms with Gasteiger partial charge in [-0.15, -0.1) is 0 Å². The van der Waals surface area contributed by atoms with Crippen LogP contribution in [0.4, 0.5) is 5.69 Å². The first-order chi connectivity index (χ1) is 10.2. The standard InChI is InChI=1S/C10H7ClN2O4.C3H7NO/c1-12-8(10(14)15)3-5-2-6(13(16)17)4-7(11)9(5)12;1-4(2)3-5/h2-4H,1H3,(H,14,15);3H,1-2H3. The van der Waals surface area contributed by atoms with E-state index in [2.05, 4.69) is 0 Å². The van der Waals surface area contributed by atoms with Crippen molar-refractivity contribution in [3.63, 3.8) is 0 Å². The van der Waals surface area contributed by atoms with Gasteiger partial charge < -0.3 is 14.6 Å². The lowest BCUT2D eigenvalue weighted by Crippen LogP contribution is -2.06. The van der Waals surface area contributed by atoms with Gasteiger partial charge in [-0.25, -0.2) is 4.79 Å². The van der Waals surface area contributed by atoms with Gasteiger partial charge in [0, 0.05) is 38.7 Å². The van der Waals surface area contributed by atoms with Crippen molar-refractivity contribution in [2.45, 2.75) is 0 Å². The molecule has 0 saturated carbocycles. The van der Waals surface area contributed by atoms with E-state index in [1.165, 1.54) is 27.7 Å². The Morgan fingerprint density at radius 3 is 2.36 bits per heavy atom. The summed E-state index contributed by atoms with van der Waals surface area (Å²) in [5.41, 5.74) is 0.335. The van der Waals surface area contributed by atoms with Gasteiger partial charge in [0.15, 0.2) is 0 Å². The third kappa shape index (κ3) is 3.73. The number of aromatic nitrogens is 1. The maximum atomic E-state index is 10.9. The zero-order chi connectivity index (χ0) is 17.0. The second-order valence-corrected chi connectivity index (χ2v) is 4.99. The third-order valence-electron chi connectivity index (χ3n) is 2.71. The van der Waals surface area contributed by atoms with Crippen molar-refractivity contribution in [2.75, 3.05) is 14.1 Å². The number of aromatic carboxylic acids is 1. The third-order valence-corrected chi connectivity index (χ3v) is 3.00. The fourth-order valence-electron chi connectivity index (χ4n) is 1.74. The van der Waals surface area contributed by atoms with E-state index in [0.29, 0.717) is 10.9 Å². The number of nitro groups is 1. The summed E-state index contributed by atoms with van der Waals surface area (Å²) in [7, 11) is 4.92. The molecule has 2 rings (SSSR count). The summed E-state index contributed by atoms with van der Waals surface area (Å²) in [5.74, 6) is -1.11. The van der Waals surface area contributed by atoms with Gasteiger partial charge in [-0.2, -0.15) is 0 Å². The van der Waals surface area contributed by atoms with Crippen LogP contribution in [0.3, 0.4) is 0 Å². The molecule has 0 aliphatic carbocycles. The number of benzene rings is 1. The average Bonchev–Trinajstić information content (AvgIpc) is 2.77. The van der Waals surface area contributed by atoms with Crippen molar-refractivity contribution in [1.82, 2.24) is 9.47 Å². The van der Waals surface area contributed by atoms with Crippen molar-refractivity contribution in [3.8, 4) is 0 Å². The second-order valence-electron chi connectivity index (χ2n) is 4.59. The van der Waals surface area contributed by atoms with E-state index < -0.39 is 10.9 Å². The number of carboxylic acid groups (broad SMARTS) is 1. The SMILES string of the molecule is CN(C)C=O.Cn1c(C(=O)O)cc2cc([N+](=O)[O-])cc(Cl)c21. The van der Waals surface area contributed by atoms with Crippen LogP contribution in [0.1, 0.15) is 10.5 Å². The van der Waals surface area contributed by atoms with Crippen LogP contribution in [0.2, 0.25) is 5.02 Å². The maximum Gasteiger partial charge on any atom is 0.352 e. The highest BCUT2D eigenvalue weighted by molar-refractivity contribution is 6.35. The molecule has 1 aromatic heterocycles. The van der Waals surface area contributed by atoms with E-state index in [1.54, 1.807) is 21.1 Å². The second kappa shape index (κ2) is 6.90. The van der Waals surface area contributed by atoms with Gasteiger partial charge in [0.05, 0.1) is 15.5 Å². The Balaban J connectivity index is 0.000000422. The van der Waals surface area contributed by atoms with Crippen molar-refractivity contribution >= 4 is 40.6 Å². The van der Waals surface area contributed by atoms with Gasteiger partial charge in [0.25, 0.3) is 5.69 Å². The molecule has 0 atom stereocenters. The summed E-state index contributed by atoms with van der Waals surface area (Å²) in [4.78, 5) is 31.9. The molecule has 22 heavy (non-hydrogen) atoms. The van der Waals surface area contributed by atoms with Crippen molar-refractivity contribution in [3.05, 3.63) is 39.0 Å². The van der Waals surface area contributed by atoms with Gasteiger partial charge in [-0.05, 0) is 6.07 Å². The lowest BCUT2D eigenvalue weighted by Gasteiger charge is -2.01. The van der Waals surface area contributed by atoms with Crippen LogP contribution in [0.25, 0.3) is 10.9 Å². The minimum absolute atomic E-state index is 0.0300. The van der Waals surface area contributed by atoms with Crippen molar-refractivity contribution in [1.29, 1.82) is 0 Å². The summed E-state index contributed by atoms with van der Waals surface area (Å²) in [6.07, 6.45) is 0.750. The van der Waals surface area contributed by atoms with E-state index in [9.17, 15) is 19.7 Å². The molecule has 1 N–H and O–H groups in total. The fourth-order valence-corrected chi connectivity index (χ4v) is 2.09. The Hall–Kier alpha value is -2.61. The molecule has 1 heterocycles. The quantitative estimate of drug-likeness (QED) is 0.528. The van der Waals surface area contributed by atoms with E-state index in [0.717, 1.165) is 6.41 Å². The predicted molar refractivity (Wildman–Crippen MR) is 81.3 cm³/mol. The average molecular weight is 328 g/mol. The molecule has 0 bridgehead atoms. The number of carboxylic acids is 1. The van der Waals surface area contributed by atoms with Gasteiger partial charge in [-0.3, -0.25) is 14.9 Å². The number of non-ortho nitro benzene ring substituents is 1. The van der Waals surface area contributed by atoms with Crippen molar-refractivity contribution in [2.24, 2.45) is 7.05 Å². The Morgan fingerprint density at radius 2 is 1.95 bits per heavy atom. The summed E-state index contributed by atoms with van der Waals surface area (Å²) < 4.78 is 1.39. The number of carbonyl (C=O) groups is 2. The van der Waals surface area contributed by atoms with Crippen LogP contribution in [-0.2, 0) is 11.8 Å². The van der Waals surface area contributed by atoms with Crippen LogP contribution in [-0.4, -0.2) is 46.0 Å². The highest BCUT2D eigenvalue weighted by atomic mass is 35.5. The molecule has 8 nitrogen and oxygen atoms in total. The first-order valence-electron chi connectivity index (χ1n) is 5.97. The number of fused-ring (bicyclic) bond motifs is 1. The number of aryl methyl sites for hydroxylation is 1. The summed E-state index contributed by atoms with van der Waals surface area (Å²) in [5, 5.41) is 20.2. The highest BCUT2D eigenvalue weighted by Gasteiger charge is 2.18. The minimum atomic E-state index is -1.11. The van der Waals surface area contributed by atoms with Gasteiger partial charge in [0.2, 0.25) is 6.41 Å². The highest BCUT2D eigenvalue weighted by Crippen LogP contribution is 2.31. The molecule has 1 amide bonds. The molecule has 2 aromatic rings. The zero-order valence-electron chi connectivity index (χ0n) is 12.1. The number of halogens is 1. The van der Waals surface area contributed by atoms with E-state index >= 15 is 0 Å². The van der Waals surface area contributed by atoms with E-state index in [4.69, 9.17) is 16.7 Å². The molecule has 0 saturated heterocycles. The van der Waals surface area contributed by atoms with Gasteiger partial charge >= 0.3 is 5.97 Å². The topological polar surface area (TPSA) is 106 Å². The van der Waals surface area contributed by atoms with Crippen LogP contribution in [0.5, 0.6) is 0 Å². The Morgan fingerprint density at radius 1 is 1.41 bits per heavy atom. The molecule has 0 unspecified atom stereocenters. The monoisotopic (exact) mass is 327 g/mol. The zero-order valence-corrected chi connectivity index (χ0v) is 12.9. The van der Waals surface area contributed by atoms with Crippen LogP contribution in [0, 0.1) is 10.1 Å². The number of hydrogen-bond acceptors (Lipinski definition) is 4. The number of carbonyl (C=O) groups excluding carboxylic acids is 1. The molecule has 118 valence electrons. The maximum absolute atomic E-state index is 10.9. The lowest BCUT2D eigenvalue weighted by molar-refractivity contribution is -0.384. The van der Waals surface area contributed by atoms with Gasteiger partial charge in [-0.1, -0.05) is 11.6 Å². The van der Waals surface area contributed by atoms with Crippen molar-refractivity contribution < 1.29 is 19.6 Å². The molecule has 9 heteroatoms. The molecule has 0 aliphatic heterocycles. The number of nitro benzene ring substituents is 1. The number of nitrogens with zero attached hydrogens (tertiary/aromatic N) is 3. The molecule has 0 aliphatic rings.